The zero-order valence-corrected chi connectivity index (χ0v) is 17.7. The molecule has 2 aromatic rings. The van der Waals surface area contributed by atoms with Crippen LogP contribution in [-0.4, -0.2) is 40.2 Å². The Kier molecular flexibility index (Phi) is 6.62. The van der Waals surface area contributed by atoms with E-state index < -0.39 is 0 Å². The van der Waals surface area contributed by atoms with E-state index in [9.17, 15) is 9.18 Å². The number of carbonyl (C=O) groups excluding carboxylic acids is 1. The number of carbonyl (C=O) groups is 1. The molecule has 1 aliphatic heterocycles. The molecular weight excluding hydrogens is 379 g/mol. The number of anilines is 1. The van der Waals surface area contributed by atoms with Crippen molar-refractivity contribution in [2.24, 2.45) is 18.9 Å². The zero-order valence-electron chi connectivity index (χ0n) is 17.7. The summed E-state index contributed by atoms with van der Waals surface area (Å²) < 4.78 is 14.8. The highest BCUT2D eigenvalue weighted by molar-refractivity contribution is 6.04. The van der Waals surface area contributed by atoms with Crippen molar-refractivity contribution in [3.05, 3.63) is 59.7 Å². The average Bonchev–Trinajstić information content (AvgIpc) is 3.12. The third-order valence-corrected chi connectivity index (χ3v) is 6.34. The van der Waals surface area contributed by atoms with Gasteiger partial charge in [0.05, 0.1) is 11.3 Å². The zero-order chi connectivity index (χ0) is 20.9. The van der Waals surface area contributed by atoms with Gasteiger partial charge in [-0.2, -0.15) is 5.10 Å². The highest BCUT2D eigenvalue weighted by Gasteiger charge is 2.25. The smallest absolute Gasteiger partial charge is 0.259 e. The van der Waals surface area contributed by atoms with Crippen molar-refractivity contribution in [1.29, 1.82) is 0 Å². The Labute approximate surface area is 178 Å². The molecule has 0 radical (unpaired) electrons. The molecule has 1 N–H and O–H groups in total. The van der Waals surface area contributed by atoms with Crippen molar-refractivity contribution < 1.29 is 9.18 Å². The molecule has 2 heterocycles. The third kappa shape index (κ3) is 5.36. The number of likely N-dealkylation sites (tertiary alicyclic amines) is 1. The SMILES string of the molecule is Cn1cc(C(=O)Nc2ccc(F)cc2)c(CC2CCN(CC3CC=CCC3)CC2)n1. The van der Waals surface area contributed by atoms with Crippen LogP contribution < -0.4 is 5.32 Å². The van der Waals surface area contributed by atoms with E-state index >= 15 is 0 Å². The van der Waals surface area contributed by atoms with E-state index in [1.54, 1.807) is 23.0 Å². The molecule has 1 amide bonds. The molecule has 4 rings (SSSR count). The molecule has 1 aromatic heterocycles. The first-order valence-electron chi connectivity index (χ1n) is 11.0. The van der Waals surface area contributed by atoms with Gasteiger partial charge in [-0.05, 0) is 87.7 Å². The summed E-state index contributed by atoms with van der Waals surface area (Å²) in [4.78, 5) is 15.4. The van der Waals surface area contributed by atoms with E-state index in [-0.39, 0.29) is 11.7 Å². The number of hydrogen-bond donors (Lipinski definition) is 1. The normalized spacial score (nSPS) is 20.4. The summed E-state index contributed by atoms with van der Waals surface area (Å²) >= 11 is 0. The largest absolute Gasteiger partial charge is 0.322 e. The van der Waals surface area contributed by atoms with Gasteiger partial charge in [-0.15, -0.1) is 0 Å². The maximum absolute atomic E-state index is 13.1. The number of aryl methyl sites for hydroxylation is 1. The Morgan fingerprint density at radius 2 is 1.90 bits per heavy atom. The summed E-state index contributed by atoms with van der Waals surface area (Å²) in [6.07, 6.45) is 13.3. The van der Waals surface area contributed by atoms with Gasteiger partial charge < -0.3 is 10.2 Å². The number of rotatable bonds is 6. The number of piperidine rings is 1. The summed E-state index contributed by atoms with van der Waals surface area (Å²) in [6.45, 7) is 3.48. The number of allylic oxidation sites excluding steroid dienone is 2. The Balaban J connectivity index is 1.32. The Morgan fingerprint density at radius 3 is 2.60 bits per heavy atom. The number of halogens is 1. The summed E-state index contributed by atoms with van der Waals surface area (Å²) in [5, 5.41) is 7.43. The minimum absolute atomic E-state index is 0.188. The lowest BCUT2D eigenvalue weighted by Gasteiger charge is -2.34. The van der Waals surface area contributed by atoms with Crippen molar-refractivity contribution in [2.75, 3.05) is 25.0 Å². The van der Waals surface area contributed by atoms with Crippen LogP contribution in [0.15, 0.2) is 42.6 Å². The molecule has 1 unspecified atom stereocenters. The molecule has 30 heavy (non-hydrogen) atoms. The van der Waals surface area contributed by atoms with Gasteiger partial charge >= 0.3 is 0 Å². The lowest BCUT2D eigenvalue weighted by Crippen LogP contribution is -2.38. The first-order chi connectivity index (χ1) is 14.6. The van der Waals surface area contributed by atoms with E-state index in [2.05, 4.69) is 27.5 Å². The maximum atomic E-state index is 13.1. The molecule has 6 heteroatoms. The number of nitrogens with one attached hydrogen (secondary N) is 1. The highest BCUT2D eigenvalue weighted by atomic mass is 19.1. The molecule has 5 nitrogen and oxygen atoms in total. The Bertz CT molecular complexity index is 881. The number of aromatic nitrogens is 2. The van der Waals surface area contributed by atoms with Gasteiger partial charge in [0.15, 0.2) is 0 Å². The third-order valence-electron chi connectivity index (χ3n) is 6.34. The quantitative estimate of drug-likeness (QED) is 0.717. The monoisotopic (exact) mass is 410 g/mol. The summed E-state index contributed by atoms with van der Waals surface area (Å²) in [6, 6.07) is 5.83. The van der Waals surface area contributed by atoms with Gasteiger partial charge in [-0.1, -0.05) is 12.2 Å². The Hall–Kier alpha value is -2.47. The molecular formula is C24H31FN4O. The first-order valence-corrected chi connectivity index (χ1v) is 11.0. The number of nitrogens with zero attached hydrogens (tertiary/aromatic N) is 3. The van der Waals surface area contributed by atoms with Crippen molar-refractivity contribution in [3.8, 4) is 0 Å². The summed E-state index contributed by atoms with van der Waals surface area (Å²) in [5.74, 6) is 0.859. The number of hydrogen-bond acceptors (Lipinski definition) is 3. The van der Waals surface area contributed by atoms with E-state index in [0.29, 0.717) is 17.2 Å². The van der Waals surface area contributed by atoms with E-state index in [1.165, 1.54) is 37.9 Å². The van der Waals surface area contributed by atoms with Gasteiger partial charge in [0.1, 0.15) is 5.82 Å². The van der Waals surface area contributed by atoms with Crippen molar-refractivity contribution in [1.82, 2.24) is 14.7 Å². The molecule has 2 aliphatic rings. The number of amides is 1. The van der Waals surface area contributed by atoms with Crippen LogP contribution in [0, 0.1) is 17.7 Å². The molecule has 1 aromatic carbocycles. The molecule has 0 spiro atoms. The van der Waals surface area contributed by atoms with Crippen LogP contribution in [0.4, 0.5) is 10.1 Å². The highest BCUT2D eigenvalue weighted by Crippen LogP contribution is 2.26. The second kappa shape index (κ2) is 9.56. The maximum Gasteiger partial charge on any atom is 0.259 e. The fourth-order valence-electron chi connectivity index (χ4n) is 4.64. The predicted octanol–water partition coefficient (Wildman–Crippen LogP) is 4.42. The van der Waals surface area contributed by atoms with Gasteiger partial charge in [0.25, 0.3) is 5.91 Å². The van der Waals surface area contributed by atoms with Crippen LogP contribution in [0.5, 0.6) is 0 Å². The second-order valence-corrected chi connectivity index (χ2v) is 8.72. The van der Waals surface area contributed by atoms with E-state index in [0.717, 1.165) is 44.0 Å². The topological polar surface area (TPSA) is 50.2 Å². The van der Waals surface area contributed by atoms with Crippen molar-refractivity contribution >= 4 is 11.6 Å². The molecule has 1 atom stereocenters. The van der Waals surface area contributed by atoms with Crippen LogP contribution >= 0.6 is 0 Å². The molecule has 0 saturated carbocycles. The van der Waals surface area contributed by atoms with Crippen LogP contribution in [-0.2, 0) is 13.5 Å². The molecule has 1 fully saturated rings. The lowest BCUT2D eigenvalue weighted by molar-refractivity contribution is 0.102. The van der Waals surface area contributed by atoms with E-state index in [1.807, 2.05) is 7.05 Å². The standard InChI is InChI=1S/C24H31FN4O/c1-28-17-22(24(30)26-21-9-7-20(25)8-10-21)23(27-28)15-18-11-13-29(14-12-18)16-19-5-3-2-4-6-19/h2-3,7-10,17-19H,4-6,11-16H2,1H3,(H,26,30). The summed E-state index contributed by atoms with van der Waals surface area (Å²) in [5.41, 5.74) is 2.05. The second-order valence-electron chi connectivity index (χ2n) is 8.72. The lowest BCUT2D eigenvalue weighted by atomic mass is 9.89. The van der Waals surface area contributed by atoms with Crippen LogP contribution in [0.25, 0.3) is 0 Å². The minimum Gasteiger partial charge on any atom is -0.322 e. The van der Waals surface area contributed by atoms with Crippen molar-refractivity contribution in [2.45, 2.75) is 38.5 Å². The van der Waals surface area contributed by atoms with Gasteiger partial charge in [0.2, 0.25) is 0 Å². The fourth-order valence-corrected chi connectivity index (χ4v) is 4.64. The minimum atomic E-state index is -0.318. The van der Waals surface area contributed by atoms with Crippen molar-refractivity contribution in [3.63, 3.8) is 0 Å². The average molecular weight is 411 g/mol. The molecule has 1 aliphatic carbocycles. The molecule has 160 valence electrons. The molecule has 1 saturated heterocycles. The van der Waals surface area contributed by atoms with Crippen LogP contribution in [0.1, 0.15) is 48.2 Å². The fraction of sp³-hybridized carbons (Fsp3) is 0.500. The number of benzene rings is 1. The van der Waals surface area contributed by atoms with Crippen LogP contribution in [0.2, 0.25) is 0 Å². The van der Waals surface area contributed by atoms with Crippen LogP contribution in [0.3, 0.4) is 0 Å². The van der Waals surface area contributed by atoms with Gasteiger partial charge in [-0.25, -0.2) is 4.39 Å². The molecule has 0 bridgehead atoms. The first kappa shape index (κ1) is 20.8. The predicted molar refractivity (Wildman–Crippen MR) is 117 cm³/mol. The van der Waals surface area contributed by atoms with E-state index in [4.69, 9.17) is 0 Å². The van der Waals surface area contributed by atoms with Gasteiger partial charge in [0, 0.05) is 25.5 Å². The Morgan fingerprint density at radius 1 is 1.13 bits per heavy atom. The summed E-state index contributed by atoms with van der Waals surface area (Å²) in [7, 11) is 1.85. The van der Waals surface area contributed by atoms with Gasteiger partial charge in [-0.3, -0.25) is 9.48 Å².